The maximum absolute atomic E-state index is 11.3. The van der Waals surface area contributed by atoms with Gasteiger partial charge in [-0.15, -0.1) is 0 Å². The van der Waals surface area contributed by atoms with Crippen molar-refractivity contribution >= 4 is 11.5 Å². The second-order valence-electron chi connectivity index (χ2n) is 8.04. The van der Waals surface area contributed by atoms with Crippen molar-refractivity contribution in [3.8, 4) is 11.5 Å². The Balaban J connectivity index is 1.47. The number of carbonyl (C=O) groups is 1. The lowest BCUT2D eigenvalue weighted by molar-refractivity contribution is -0.117. The first-order valence-corrected chi connectivity index (χ1v) is 10.8. The van der Waals surface area contributed by atoms with Crippen LogP contribution in [0.2, 0.25) is 0 Å². The van der Waals surface area contributed by atoms with Gasteiger partial charge in [-0.25, -0.2) is 0 Å². The zero-order valence-corrected chi connectivity index (χ0v) is 18.3. The fraction of sp³-hybridized carbons (Fsp3) is 0.480. The second-order valence-corrected chi connectivity index (χ2v) is 8.04. The predicted octanol–water partition coefficient (Wildman–Crippen LogP) is 4.84. The Morgan fingerprint density at radius 1 is 1.07 bits per heavy atom. The summed E-state index contributed by atoms with van der Waals surface area (Å²) in [6, 6.07) is 16.4. The van der Waals surface area contributed by atoms with Crippen molar-refractivity contribution in [1.29, 1.82) is 0 Å². The molecule has 5 nitrogen and oxygen atoms in total. The molecule has 0 saturated carbocycles. The van der Waals surface area contributed by atoms with Gasteiger partial charge < -0.3 is 23.9 Å². The van der Waals surface area contributed by atoms with E-state index >= 15 is 0 Å². The van der Waals surface area contributed by atoms with Crippen molar-refractivity contribution in [2.75, 3.05) is 38.3 Å². The van der Waals surface area contributed by atoms with Gasteiger partial charge in [-0.05, 0) is 54.8 Å². The van der Waals surface area contributed by atoms with Crippen LogP contribution in [0.4, 0.5) is 5.69 Å². The monoisotopic (exact) mass is 411 g/mol. The molecule has 3 rings (SSSR count). The van der Waals surface area contributed by atoms with E-state index in [0.29, 0.717) is 19.6 Å². The summed E-state index contributed by atoms with van der Waals surface area (Å²) in [5.41, 5.74) is 2.37. The normalized spacial score (nSPS) is 17.0. The zero-order valence-electron chi connectivity index (χ0n) is 18.3. The van der Waals surface area contributed by atoms with Crippen LogP contribution in [0.5, 0.6) is 11.5 Å². The van der Waals surface area contributed by atoms with Gasteiger partial charge in [-0.2, -0.15) is 0 Å². The number of hydrogen-bond donors (Lipinski definition) is 0. The lowest BCUT2D eigenvalue weighted by Crippen LogP contribution is -2.24. The van der Waals surface area contributed by atoms with Crippen LogP contribution in [0.25, 0.3) is 0 Å². The van der Waals surface area contributed by atoms with Crippen LogP contribution in [-0.4, -0.2) is 45.3 Å². The van der Waals surface area contributed by atoms with E-state index < -0.39 is 0 Å². The summed E-state index contributed by atoms with van der Waals surface area (Å²) in [7, 11) is 1.70. The maximum Gasteiger partial charge on any atom is 0.130 e. The minimum absolute atomic E-state index is 0.176. The molecule has 0 bridgehead atoms. The molecule has 30 heavy (non-hydrogen) atoms. The van der Waals surface area contributed by atoms with E-state index in [1.807, 2.05) is 24.3 Å². The Kier molecular flexibility index (Phi) is 8.14. The first-order chi connectivity index (χ1) is 14.5. The minimum Gasteiger partial charge on any atom is -0.494 e. The van der Waals surface area contributed by atoms with Crippen LogP contribution in [0.15, 0.2) is 48.5 Å². The number of nitrogens with zero attached hydrogens (tertiary/aromatic N) is 1. The SMILES string of the molecule is COCCCOc1ccc(N2CCC(Oc3ccc([C@H](C)CC(C)=O)cc3)C2)cc1. The summed E-state index contributed by atoms with van der Waals surface area (Å²) >= 11 is 0. The number of ketones is 1. The standard InChI is InChI=1S/C25H33NO4/c1-19(17-20(2)27)21-5-9-24(10-6-21)30-25-13-14-26(18-25)22-7-11-23(12-8-22)29-16-4-15-28-3/h5-12,19,25H,4,13-18H2,1-3H3/t19-,25?/m1/s1. The number of ether oxygens (including phenoxy) is 3. The fourth-order valence-electron chi connectivity index (χ4n) is 3.82. The lowest BCUT2D eigenvalue weighted by atomic mass is 9.96. The van der Waals surface area contributed by atoms with E-state index in [1.54, 1.807) is 14.0 Å². The number of rotatable bonds is 11. The molecule has 1 unspecified atom stereocenters. The number of carbonyl (C=O) groups excluding carboxylic acids is 1. The van der Waals surface area contributed by atoms with Gasteiger partial charge >= 0.3 is 0 Å². The second kappa shape index (κ2) is 11.0. The molecule has 1 aliphatic heterocycles. The van der Waals surface area contributed by atoms with Gasteiger partial charge in [0.05, 0.1) is 13.2 Å². The van der Waals surface area contributed by atoms with Gasteiger partial charge in [-0.1, -0.05) is 19.1 Å². The molecule has 162 valence electrons. The summed E-state index contributed by atoms with van der Waals surface area (Å²) in [5.74, 6) is 2.24. The highest BCUT2D eigenvalue weighted by Gasteiger charge is 2.24. The molecule has 1 heterocycles. The summed E-state index contributed by atoms with van der Waals surface area (Å²) in [6.45, 7) is 6.96. The Bertz CT molecular complexity index is 788. The molecule has 2 aromatic carbocycles. The van der Waals surface area contributed by atoms with Crippen molar-refractivity contribution in [3.63, 3.8) is 0 Å². The molecule has 5 heteroatoms. The van der Waals surface area contributed by atoms with Crippen LogP contribution in [-0.2, 0) is 9.53 Å². The molecule has 0 aliphatic carbocycles. The van der Waals surface area contributed by atoms with Gasteiger partial charge in [-0.3, -0.25) is 0 Å². The highest BCUT2D eigenvalue weighted by molar-refractivity contribution is 5.76. The molecule has 2 aromatic rings. The van der Waals surface area contributed by atoms with Crippen LogP contribution in [0, 0.1) is 0 Å². The lowest BCUT2D eigenvalue weighted by Gasteiger charge is -2.20. The molecule has 1 fully saturated rings. The van der Waals surface area contributed by atoms with Crippen LogP contribution < -0.4 is 14.4 Å². The molecule has 1 aliphatic rings. The molecular weight excluding hydrogens is 378 g/mol. The number of hydrogen-bond acceptors (Lipinski definition) is 5. The highest BCUT2D eigenvalue weighted by atomic mass is 16.5. The average Bonchev–Trinajstić information content (AvgIpc) is 3.20. The fourth-order valence-corrected chi connectivity index (χ4v) is 3.82. The third kappa shape index (κ3) is 6.49. The van der Waals surface area contributed by atoms with Crippen LogP contribution in [0.3, 0.4) is 0 Å². The summed E-state index contributed by atoms with van der Waals surface area (Å²) < 4.78 is 17.0. The average molecular weight is 412 g/mol. The van der Waals surface area contributed by atoms with E-state index in [1.165, 1.54) is 11.3 Å². The van der Waals surface area contributed by atoms with Crippen LogP contribution in [0.1, 0.15) is 44.6 Å². The smallest absolute Gasteiger partial charge is 0.130 e. The molecule has 0 spiro atoms. The third-order valence-electron chi connectivity index (χ3n) is 5.45. The Hall–Kier alpha value is -2.53. The molecule has 2 atom stereocenters. The molecule has 0 aromatic heterocycles. The van der Waals surface area contributed by atoms with E-state index in [9.17, 15) is 4.79 Å². The van der Waals surface area contributed by atoms with Gasteiger partial charge in [0.25, 0.3) is 0 Å². The Morgan fingerprint density at radius 2 is 1.77 bits per heavy atom. The topological polar surface area (TPSA) is 48.0 Å². The van der Waals surface area contributed by atoms with Gasteiger partial charge in [0.2, 0.25) is 0 Å². The van der Waals surface area contributed by atoms with Gasteiger partial charge in [0, 0.05) is 45.2 Å². The first kappa shape index (κ1) is 22.2. The number of Topliss-reactive ketones (excluding diaryl/α,β-unsaturated/α-hetero) is 1. The van der Waals surface area contributed by atoms with E-state index in [2.05, 4.69) is 36.1 Å². The van der Waals surface area contributed by atoms with E-state index in [-0.39, 0.29) is 17.8 Å². The predicted molar refractivity (Wildman–Crippen MR) is 120 cm³/mol. The third-order valence-corrected chi connectivity index (χ3v) is 5.45. The number of benzene rings is 2. The van der Waals surface area contributed by atoms with Crippen molar-refractivity contribution in [3.05, 3.63) is 54.1 Å². The molecule has 1 saturated heterocycles. The summed E-state index contributed by atoms with van der Waals surface area (Å²) in [4.78, 5) is 13.7. The first-order valence-electron chi connectivity index (χ1n) is 10.8. The maximum atomic E-state index is 11.3. The summed E-state index contributed by atoms with van der Waals surface area (Å²) in [6.07, 6.45) is 2.64. The highest BCUT2D eigenvalue weighted by Crippen LogP contribution is 2.27. The van der Waals surface area contributed by atoms with Crippen LogP contribution >= 0.6 is 0 Å². The van der Waals surface area contributed by atoms with E-state index in [4.69, 9.17) is 14.2 Å². The number of methoxy groups -OCH3 is 1. The van der Waals surface area contributed by atoms with Crippen molar-refractivity contribution < 1.29 is 19.0 Å². The largest absolute Gasteiger partial charge is 0.494 e. The Morgan fingerprint density at radius 3 is 2.43 bits per heavy atom. The molecule has 0 N–H and O–H groups in total. The van der Waals surface area contributed by atoms with E-state index in [0.717, 1.165) is 37.4 Å². The van der Waals surface area contributed by atoms with Crippen molar-refractivity contribution in [1.82, 2.24) is 0 Å². The van der Waals surface area contributed by atoms with Crippen molar-refractivity contribution in [2.45, 2.75) is 45.1 Å². The molecule has 0 amide bonds. The van der Waals surface area contributed by atoms with Gasteiger partial charge in [0.1, 0.15) is 23.4 Å². The number of anilines is 1. The molecular formula is C25H33NO4. The Labute approximate surface area is 179 Å². The van der Waals surface area contributed by atoms with Gasteiger partial charge in [0.15, 0.2) is 0 Å². The minimum atomic E-state index is 0.176. The molecule has 0 radical (unpaired) electrons. The van der Waals surface area contributed by atoms with Crippen molar-refractivity contribution in [2.24, 2.45) is 0 Å². The summed E-state index contributed by atoms with van der Waals surface area (Å²) in [5, 5.41) is 0. The quantitative estimate of drug-likeness (QED) is 0.495. The zero-order chi connectivity index (χ0) is 21.3.